The molecule has 0 spiro atoms. The van der Waals surface area contributed by atoms with E-state index in [4.69, 9.17) is 22.9 Å². The summed E-state index contributed by atoms with van der Waals surface area (Å²) in [6.45, 7) is 5.27. The number of aliphatic hydroxyl groups is 1. The third-order valence-electron chi connectivity index (χ3n) is 10.7. The quantitative estimate of drug-likeness (QED) is 0.0297. The summed E-state index contributed by atoms with van der Waals surface area (Å²) in [6.07, 6.45) is -0.370. The fourth-order valence-electron chi connectivity index (χ4n) is 7.42. The van der Waals surface area contributed by atoms with Gasteiger partial charge in [0.1, 0.15) is 42.0 Å². The number of carbonyl (C=O) groups is 8. The molecule has 2 aliphatic heterocycles. The van der Waals surface area contributed by atoms with Crippen LogP contribution in [0.4, 0.5) is 0 Å². The van der Waals surface area contributed by atoms with E-state index in [1.54, 1.807) is 12.1 Å². The Kier molecular flexibility index (Phi) is 19.3. The average molecular weight is 874 g/mol. The highest BCUT2D eigenvalue weighted by Gasteiger charge is 2.43. The fourth-order valence-corrected chi connectivity index (χ4v) is 7.42. The number of carboxylic acids is 1. The van der Waals surface area contributed by atoms with E-state index in [9.17, 15) is 53.7 Å². The van der Waals surface area contributed by atoms with E-state index >= 15 is 0 Å². The lowest BCUT2D eigenvalue weighted by Gasteiger charge is -2.32. The minimum absolute atomic E-state index is 0.0360. The molecule has 0 saturated carbocycles. The molecule has 3 rings (SSSR count). The number of phenols is 1. The number of nitrogens with zero attached hydrogens (tertiary/aromatic N) is 3. The molecule has 2 saturated heterocycles. The Balaban J connectivity index is 1.83. The topological polar surface area (TPSA) is 368 Å². The van der Waals surface area contributed by atoms with E-state index in [2.05, 4.69) is 26.3 Å². The van der Waals surface area contributed by atoms with Gasteiger partial charge in [-0.15, -0.1) is 0 Å². The lowest BCUT2D eigenvalue weighted by molar-refractivity contribution is -0.146. The van der Waals surface area contributed by atoms with Gasteiger partial charge in [-0.1, -0.05) is 26.0 Å². The van der Waals surface area contributed by atoms with Crippen LogP contribution in [-0.4, -0.2) is 146 Å². The van der Waals surface area contributed by atoms with E-state index < -0.39 is 95.7 Å². The highest BCUT2D eigenvalue weighted by atomic mass is 16.4. The summed E-state index contributed by atoms with van der Waals surface area (Å²) in [5, 5.41) is 40.3. The van der Waals surface area contributed by atoms with Gasteiger partial charge in [0.05, 0.1) is 12.1 Å². The predicted molar refractivity (Wildman–Crippen MR) is 224 cm³/mol. The number of nitrogens with one attached hydrogen (secondary N) is 4. The first-order valence-electron chi connectivity index (χ1n) is 20.8. The van der Waals surface area contributed by atoms with Crippen LogP contribution >= 0.6 is 0 Å². The van der Waals surface area contributed by atoms with Crippen LogP contribution in [0.2, 0.25) is 0 Å². The number of rotatable bonds is 23. The van der Waals surface area contributed by atoms with Crippen molar-refractivity contribution < 1.29 is 53.7 Å². The maximum absolute atomic E-state index is 14.3. The number of primary amides is 1. The fraction of sp³-hybridized carbons (Fsp3) is 0.625. The van der Waals surface area contributed by atoms with Gasteiger partial charge in [-0.2, -0.15) is 0 Å². The van der Waals surface area contributed by atoms with Crippen molar-refractivity contribution in [2.45, 2.75) is 133 Å². The molecule has 0 radical (unpaired) electrons. The van der Waals surface area contributed by atoms with Crippen molar-refractivity contribution in [2.24, 2.45) is 33.8 Å². The lowest BCUT2D eigenvalue weighted by atomic mass is 10.0. The van der Waals surface area contributed by atoms with Crippen LogP contribution in [0.5, 0.6) is 5.75 Å². The van der Waals surface area contributed by atoms with Gasteiger partial charge in [0.15, 0.2) is 5.96 Å². The monoisotopic (exact) mass is 873 g/mol. The third-order valence-corrected chi connectivity index (χ3v) is 10.7. The number of carboxylic acid groups (broad SMARTS) is 1. The van der Waals surface area contributed by atoms with Crippen molar-refractivity contribution in [2.75, 3.05) is 19.6 Å². The summed E-state index contributed by atoms with van der Waals surface area (Å²) in [4.78, 5) is 113. The zero-order valence-electron chi connectivity index (χ0n) is 35.5. The number of benzene rings is 1. The number of likely N-dealkylation sites (tertiary alicyclic amines) is 2. The number of aromatic hydroxyl groups is 1. The highest BCUT2D eigenvalue weighted by Crippen LogP contribution is 2.24. The minimum atomic E-state index is -1.58. The van der Waals surface area contributed by atoms with E-state index in [0.717, 1.165) is 0 Å². The number of nitrogens with two attached hydrogens (primary N) is 4. The molecule has 1 aromatic carbocycles. The Morgan fingerprint density at radius 3 is 1.82 bits per heavy atom. The minimum Gasteiger partial charge on any atom is -0.508 e. The number of aliphatic imine (C=N–C) groups is 1. The number of amides is 7. The van der Waals surface area contributed by atoms with Gasteiger partial charge < -0.3 is 69.3 Å². The molecule has 22 heteroatoms. The van der Waals surface area contributed by atoms with Crippen molar-refractivity contribution in [3.63, 3.8) is 0 Å². The molecule has 0 unspecified atom stereocenters. The number of guanidine groups is 1. The molecule has 344 valence electrons. The summed E-state index contributed by atoms with van der Waals surface area (Å²) in [5.41, 5.74) is 22.5. The Bertz CT molecular complexity index is 1790. The van der Waals surface area contributed by atoms with Crippen molar-refractivity contribution >= 4 is 53.3 Å². The Hall–Kier alpha value is -6.03. The van der Waals surface area contributed by atoms with Gasteiger partial charge in [0, 0.05) is 32.5 Å². The Morgan fingerprint density at radius 1 is 0.774 bits per heavy atom. The van der Waals surface area contributed by atoms with E-state index in [1.807, 2.05) is 13.8 Å². The van der Waals surface area contributed by atoms with Gasteiger partial charge in [0.2, 0.25) is 41.4 Å². The molecule has 7 amide bonds. The SMILES string of the molecule is CC(C)C[C@H](NC(=O)[C@@H]1CCCN1C(=O)[C@H](Cc1ccc(O)cc1)NC(=O)[C@@H]1CCCN1C(=O)[C@H](CCC(N)=O)NC(=O)[C@@H](NC(=O)[C@@H](N)CCCN=C(N)N)[C@@H](C)O)C(=O)O. The van der Waals surface area contributed by atoms with Crippen molar-refractivity contribution in [3.05, 3.63) is 29.8 Å². The van der Waals surface area contributed by atoms with Crippen LogP contribution in [-0.2, 0) is 44.8 Å². The van der Waals surface area contributed by atoms with Gasteiger partial charge in [-0.05, 0) is 81.9 Å². The average Bonchev–Trinajstić information content (AvgIpc) is 3.90. The van der Waals surface area contributed by atoms with Crippen molar-refractivity contribution in [1.82, 2.24) is 31.1 Å². The standard InChI is InChI=1S/C40H63N11O11/c1-21(2)19-28(39(61)62)48-35(57)30-9-6-18-51(30)38(60)27(20-23-10-12-24(53)13-11-23)47-34(56)29-8-5-17-50(29)37(59)26(14-15-31(42)54)46-36(58)32(22(3)52)49-33(55)25(41)7-4-16-45-40(43)44/h10-13,21-22,25-30,32,52-53H,4-9,14-20,41H2,1-3H3,(H2,42,54)(H,46,58)(H,47,56)(H,48,57)(H,49,55)(H,61,62)(H4,43,44,45)/t22-,25+,26+,27+,28+,29+,30+,32+/m1/s1. The maximum Gasteiger partial charge on any atom is 0.326 e. The van der Waals surface area contributed by atoms with Gasteiger partial charge >= 0.3 is 5.97 Å². The summed E-state index contributed by atoms with van der Waals surface area (Å²) in [7, 11) is 0. The molecular weight excluding hydrogens is 811 g/mol. The van der Waals surface area contributed by atoms with E-state index in [0.29, 0.717) is 24.8 Å². The van der Waals surface area contributed by atoms with Crippen LogP contribution in [0.1, 0.15) is 84.1 Å². The first-order chi connectivity index (χ1) is 29.2. The molecule has 62 heavy (non-hydrogen) atoms. The largest absolute Gasteiger partial charge is 0.508 e. The van der Waals surface area contributed by atoms with Crippen LogP contribution in [0.25, 0.3) is 0 Å². The van der Waals surface area contributed by atoms with E-state index in [-0.39, 0.29) is 82.2 Å². The summed E-state index contributed by atoms with van der Waals surface area (Å²) in [5.74, 6) is -6.73. The van der Waals surface area contributed by atoms with Gasteiger partial charge in [-0.3, -0.25) is 38.6 Å². The number of hydrogen-bond acceptors (Lipinski definition) is 12. The molecule has 8 atom stereocenters. The zero-order valence-corrected chi connectivity index (χ0v) is 35.5. The normalized spacial score (nSPS) is 19.0. The number of phenolic OH excluding ortho intramolecular Hbond substituents is 1. The Morgan fingerprint density at radius 2 is 1.32 bits per heavy atom. The second-order valence-electron chi connectivity index (χ2n) is 16.2. The number of hydrogen-bond donors (Lipinski definition) is 11. The predicted octanol–water partition coefficient (Wildman–Crippen LogP) is -2.99. The van der Waals surface area contributed by atoms with Crippen molar-refractivity contribution in [3.8, 4) is 5.75 Å². The Labute approximate surface area is 359 Å². The van der Waals surface area contributed by atoms with Crippen LogP contribution in [0.15, 0.2) is 29.3 Å². The lowest BCUT2D eigenvalue weighted by Crippen LogP contribution is -2.61. The molecule has 22 nitrogen and oxygen atoms in total. The van der Waals surface area contributed by atoms with Crippen molar-refractivity contribution in [1.29, 1.82) is 0 Å². The summed E-state index contributed by atoms with van der Waals surface area (Å²) in [6, 6.07) is -2.83. The van der Waals surface area contributed by atoms with Gasteiger partial charge in [-0.25, -0.2) is 4.79 Å². The summed E-state index contributed by atoms with van der Waals surface area (Å²) >= 11 is 0. The van der Waals surface area contributed by atoms with Crippen LogP contribution < -0.4 is 44.2 Å². The van der Waals surface area contributed by atoms with Crippen LogP contribution in [0.3, 0.4) is 0 Å². The number of carbonyl (C=O) groups excluding carboxylic acids is 7. The second kappa shape index (κ2) is 23.8. The third kappa shape index (κ3) is 15.2. The van der Waals surface area contributed by atoms with Crippen LogP contribution in [0, 0.1) is 5.92 Å². The molecule has 0 aliphatic carbocycles. The molecule has 0 aromatic heterocycles. The summed E-state index contributed by atoms with van der Waals surface area (Å²) < 4.78 is 0. The molecular formula is C40H63N11O11. The molecule has 2 fully saturated rings. The highest BCUT2D eigenvalue weighted by molar-refractivity contribution is 5.98. The molecule has 15 N–H and O–H groups in total. The molecule has 1 aromatic rings. The zero-order chi connectivity index (χ0) is 46.3. The molecule has 2 aliphatic rings. The van der Waals surface area contributed by atoms with Gasteiger partial charge in [0.25, 0.3) is 0 Å². The smallest absolute Gasteiger partial charge is 0.326 e. The maximum atomic E-state index is 14.3. The molecule has 2 heterocycles. The molecule has 0 bridgehead atoms. The second-order valence-corrected chi connectivity index (χ2v) is 16.2. The number of aliphatic hydroxyl groups excluding tert-OH is 1. The van der Waals surface area contributed by atoms with E-state index in [1.165, 1.54) is 28.9 Å². The first-order valence-corrected chi connectivity index (χ1v) is 20.8. The number of aliphatic carboxylic acids is 1. The first kappa shape index (κ1) is 50.3.